The number of rotatable bonds is 3. The standard InChI is InChI=1S/C11H5Cl2FN2O3/c12-9-4-8(10(13)16-15-9)19-7-2-1-5(14)3-6(7)11(17)18/h1-4H,(H,17,18). The molecule has 0 aliphatic rings. The lowest BCUT2D eigenvalue weighted by atomic mass is 10.2. The number of nitrogens with zero attached hydrogens (tertiary/aromatic N) is 2. The highest BCUT2D eigenvalue weighted by atomic mass is 35.5. The third-order valence-corrected chi connectivity index (χ3v) is 2.53. The van der Waals surface area contributed by atoms with Gasteiger partial charge in [-0.15, -0.1) is 10.2 Å². The molecule has 0 aliphatic carbocycles. The predicted molar refractivity (Wildman–Crippen MR) is 65.5 cm³/mol. The zero-order chi connectivity index (χ0) is 14.0. The molecule has 0 atom stereocenters. The van der Waals surface area contributed by atoms with Crippen LogP contribution < -0.4 is 4.74 Å². The maximum absolute atomic E-state index is 13.0. The van der Waals surface area contributed by atoms with E-state index in [1.807, 2.05) is 0 Å². The first kappa shape index (κ1) is 13.5. The number of carboxylic acids is 1. The van der Waals surface area contributed by atoms with Crippen LogP contribution >= 0.6 is 23.2 Å². The summed E-state index contributed by atoms with van der Waals surface area (Å²) in [6, 6.07) is 4.34. The van der Waals surface area contributed by atoms with Crippen molar-refractivity contribution in [3.63, 3.8) is 0 Å². The van der Waals surface area contributed by atoms with Crippen molar-refractivity contribution in [1.82, 2.24) is 10.2 Å². The Bertz CT molecular complexity index is 652. The van der Waals surface area contributed by atoms with Gasteiger partial charge in [0.1, 0.15) is 17.1 Å². The van der Waals surface area contributed by atoms with Gasteiger partial charge in [-0.25, -0.2) is 9.18 Å². The lowest BCUT2D eigenvalue weighted by Crippen LogP contribution is -2.01. The first-order chi connectivity index (χ1) is 8.97. The Morgan fingerprint density at radius 3 is 2.63 bits per heavy atom. The zero-order valence-electron chi connectivity index (χ0n) is 9.10. The number of carboxylic acid groups (broad SMARTS) is 1. The van der Waals surface area contributed by atoms with Gasteiger partial charge in [-0.1, -0.05) is 23.2 Å². The van der Waals surface area contributed by atoms with Crippen molar-refractivity contribution in [1.29, 1.82) is 0 Å². The second-order valence-corrected chi connectivity index (χ2v) is 4.12. The Kier molecular flexibility index (Phi) is 3.82. The summed E-state index contributed by atoms with van der Waals surface area (Å²) >= 11 is 11.4. The molecule has 1 aromatic carbocycles. The fraction of sp³-hybridized carbons (Fsp3) is 0. The van der Waals surface area contributed by atoms with Crippen LogP contribution in [0.15, 0.2) is 24.3 Å². The first-order valence-corrected chi connectivity index (χ1v) is 5.62. The summed E-state index contributed by atoms with van der Waals surface area (Å²) in [4.78, 5) is 11.0. The van der Waals surface area contributed by atoms with E-state index < -0.39 is 11.8 Å². The molecule has 1 aromatic heterocycles. The molecule has 2 aromatic rings. The van der Waals surface area contributed by atoms with Gasteiger partial charge in [-0.3, -0.25) is 0 Å². The number of aromatic carboxylic acids is 1. The number of halogens is 3. The Morgan fingerprint density at radius 2 is 1.95 bits per heavy atom. The second kappa shape index (κ2) is 5.38. The third kappa shape index (κ3) is 3.10. The van der Waals surface area contributed by atoms with Crippen LogP contribution in [0, 0.1) is 5.82 Å². The number of carbonyl (C=O) groups is 1. The quantitative estimate of drug-likeness (QED) is 0.940. The van der Waals surface area contributed by atoms with Gasteiger partial charge in [0.25, 0.3) is 0 Å². The number of hydrogen-bond acceptors (Lipinski definition) is 4. The van der Waals surface area contributed by atoms with Gasteiger partial charge >= 0.3 is 5.97 Å². The average Bonchev–Trinajstić information content (AvgIpc) is 2.35. The van der Waals surface area contributed by atoms with Gasteiger partial charge < -0.3 is 9.84 Å². The van der Waals surface area contributed by atoms with E-state index in [9.17, 15) is 9.18 Å². The van der Waals surface area contributed by atoms with E-state index in [2.05, 4.69) is 10.2 Å². The van der Waals surface area contributed by atoms with Crippen molar-refractivity contribution in [2.45, 2.75) is 0 Å². The number of benzene rings is 1. The molecule has 0 spiro atoms. The molecule has 19 heavy (non-hydrogen) atoms. The van der Waals surface area contributed by atoms with E-state index in [-0.39, 0.29) is 27.4 Å². The van der Waals surface area contributed by atoms with Gasteiger partial charge in [0.15, 0.2) is 16.1 Å². The van der Waals surface area contributed by atoms with E-state index >= 15 is 0 Å². The number of ether oxygens (including phenoxy) is 1. The van der Waals surface area contributed by atoms with Gasteiger partial charge in [0.05, 0.1) is 0 Å². The van der Waals surface area contributed by atoms with E-state index in [1.54, 1.807) is 0 Å². The van der Waals surface area contributed by atoms with Gasteiger partial charge in [0, 0.05) is 6.07 Å². The van der Waals surface area contributed by atoms with Crippen LogP contribution in [0.2, 0.25) is 10.3 Å². The molecule has 0 saturated carbocycles. The van der Waals surface area contributed by atoms with Crippen molar-refractivity contribution >= 4 is 29.2 Å². The minimum atomic E-state index is -1.33. The summed E-state index contributed by atoms with van der Waals surface area (Å²) in [6.07, 6.45) is 0. The summed E-state index contributed by atoms with van der Waals surface area (Å²) in [5.74, 6) is -2.09. The van der Waals surface area contributed by atoms with Gasteiger partial charge in [-0.2, -0.15) is 0 Å². The van der Waals surface area contributed by atoms with Crippen LogP contribution in [0.3, 0.4) is 0 Å². The molecule has 1 N–H and O–H groups in total. The van der Waals surface area contributed by atoms with E-state index in [0.29, 0.717) is 0 Å². The van der Waals surface area contributed by atoms with Crippen LogP contribution in [0.5, 0.6) is 11.5 Å². The summed E-state index contributed by atoms with van der Waals surface area (Å²) < 4.78 is 18.3. The van der Waals surface area contributed by atoms with Gasteiger partial charge in [-0.05, 0) is 18.2 Å². The molecular weight excluding hydrogens is 298 g/mol. The smallest absolute Gasteiger partial charge is 0.339 e. The second-order valence-electron chi connectivity index (χ2n) is 3.37. The third-order valence-electron chi connectivity index (χ3n) is 2.08. The van der Waals surface area contributed by atoms with Crippen molar-refractivity contribution in [2.75, 3.05) is 0 Å². The Morgan fingerprint density at radius 1 is 1.21 bits per heavy atom. The van der Waals surface area contributed by atoms with Gasteiger partial charge in [0.2, 0.25) is 0 Å². The molecule has 0 radical (unpaired) electrons. The molecule has 0 saturated heterocycles. The van der Waals surface area contributed by atoms with Crippen LogP contribution in [0.1, 0.15) is 10.4 Å². The Balaban J connectivity index is 2.43. The first-order valence-electron chi connectivity index (χ1n) is 4.87. The molecule has 0 aliphatic heterocycles. The summed E-state index contributed by atoms with van der Waals surface area (Å²) in [7, 11) is 0. The molecule has 1 heterocycles. The number of aromatic nitrogens is 2. The maximum atomic E-state index is 13.0. The van der Waals surface area contributed by atoms with Crippen molar-refractivity contribution < 1.29 is 19.0 Å². The molecule has 0 fully saturated rings. The van der Waals surface area contributed by atoms with Crippen molar-refractivity contribution in [2.24, 2.45) is 0 Å². The highest BCUT2D eigenvalue weighted by Gasteiger charge is 2.15. The minimum absolute atomic E-state index is 0.0239. The summed E-state index contributed by atoms with van der Waals surface area (Å²) in [5.41, 5.74) is -0.344. The molecule has 98 valence electrons. The molecule has 8 heteroatoms. The van der Waals surface area contributed by atoms with Crippen molar-refractivity contribution in [3.8, 4) is 11.5 Å². The molecule has 0 amide bonds. The molecule has 0 bridgehead atoms. The van der Waals surface area contributed by atoms with E-state index in [4.69, 9.17) is 33.0 Å². The molecule has 0 unspecified atom stereocenters. The minimum Gasteiger partial charge on any atom is -0.478 e. The molecule has 2 rings (SSSR count). The largest absolute Gasteiger partial charge is 0.478 e. The molecular formula is C11H5Cl2FN2O3. The van der Waals surface area contributed by atoms with Crippen molar-refractivity contribution in [3.05, 3.63) is 46.0 Å². The van der Waals surface area contributed by atoms with Crippen LogP contribution in [-0.4, -0.2) is 21.3 Å². The van der Waals surface area contributed by atoms with E-state index in [1.165, 1.54) is 12.1 Å². The highest BCUT2D eigenvalue weighted by Crippen LogP contribution is 2.31. The average molecular weight is 303 g/mol. The predicted octanol–water partition coefficient (Wildman–Crippen LogP) is 3.41. The maximum Gasteiger partial charge on any atom is 0.339 e. The summed E-state index contributed by atoms with van der Waals surface area (Å²) in [6.45, 7) is 0. The zero-order valence-corrected chi connectivity index (χ0v) is 10.6. The SMILES string of the molecule is O=C(O)c1cc(F)ccc1Oc1cc(Cl)nnc1Cl. The Labute approximate surface area is 116 Å². The lowest BCUT2D eigenvalue weighted by molar-refractivity contribution is 0.0693. The monoisotopic (exact) mass is 302 g/mol. The van der Waals surface area contributed by atoms with Crippen LogP contribution in [0.4, 0.5) is 4.39 Å². The molecule has 5 nitrogen and oxygen atoms in total. The van der Waals surface area contributed by atoms with Crippen LogP contribution in [-0.2, 0) is 0 Å². The highest BCUT2D eigenvalue weighted by molar-refractivity contribution is 6.32. The fourth-order valence-corrected chi connectivity index (χ4v) is 1.55. The fourth-order valence-electron chi connectivity index (χ4n) is 1.29. The Hall–Kier alpha value is -1.92. The van der Waals surface area contributed by atoms with Crippen LogP contribution in [0.25, 0.3) is 0 Å². The number of hydrogen-bond donors (Lipinski definition) is 1. The lowest BCUT2D eigenvalue weighted by Gasteiger charge is -2.09. The normalized spacial score (nSPS) is 10.3. The topological polar surface area (TPSA) is 72.3 Å². The van der Waals surface area contributed by atoms with E-state index in [0.717, 1.165) is 12.1 Å². The summed E-state index contributed by atoms with van der Waals surface area (Å²) in [5, 5.41) is 15.9.